The fourth-order valence-corrected chi connectivity index (χ4v) is 8.11. The second-order valence-electron chi connectivity index (χ2n) is 11.5. The summed E-state index contributed by atoms with van der Waals surface area (Å²) in [5, 5.41) is 0.784. The van der Waals surface area contributed by atoms with E-state index in [-0.39, 0.29) is 12.2 Å². The minimum atomic E-state index is -1.48. The number of carbonyl (C=O) groups excluding carboxylic acids is 5. The summed E-state index contributed by atoms with van der Waals surface area (Å²) >= 11 is 12.7. The molecule has 0 aromatic heterocycles. The molecular formula is C31H28Cl2N2O6. The Labute approximate surface area is 247 Å². The molecule has 41 heavy (non-hydrogen) atoms. The third-order valence-corrected chi connectivity index (χ3v) is 10.3. The molecule has 1 saturated carbocycles. The standard InChI is InChI=1S/C31H28Cl2N2O6/c1-6-41-30(40)23-15(4)20-21-24(28(38)34(26(21)36)16-9-7-13(2)18(32)11-16)31(23,5)25-22(20)27(37)35(29(25)39)17-10-8-14(3)19(33)12-17/h7-12,20-22,24-25H,6H2,1-5H3/t20?,21-,22+,24-,25+,31?. The van der Waals surface area contributed by atoms with Crippen LogP contribution in [-0.4, -0.2) is 36.2 Å². The minimum absolute atomic E-state index is 0.0836. The quantitative estimate of drug-likeness (QED) is 0.362. The van der Waals surface area contributed by atoms with Crippen LogP contribution in [-0.2, 0) is 28.7 Å². The molecule has 0 spiro atoms. The van der Waals surface area contributed by atoms with Crippen LogP contribution in [0.25, 0.3) is 0 Å². The van der Waals surface area contributed by atoms with Crippen LogP contribution in [0.15, 0.2) is 47.5 Å². The van der Waals surface area contributed by atoms with Crippen molar-refractivity contribution in [3.05, 3.63) is 68.7 Å². The number of aryl methyl sites for hydroxylation is 2. The zero-order valence-corrected chi connectivity index (χ0v) is 24.7. The Bertz CT molecular complexity index is 1530. The summed E-state index contributed by atoms with van der Waals surface area (Å²) in [5.74, 6) is -7.50. The maximum atomic E-state index is 14.2. The van der Waals surface area contributed by atoms with E-state index >= 15 is 0 Å². The highest BCUT2D eigenvalue weighted by atomic mass is 35.5. The van der Waals surface area contributed by atoms with Gasteiger partial charge in [0.05, 0.1) is 41.7 Å². The molecule has 3 aliphatic carbocycles. The van der Waals surface area contributed by atoms with E-state index in [1.807, 2.05) is 13.8 Å². The number of esters is 1. The molecule has 212 valence electrons. The number of hydrogen-bond donors (Lipinski definition) is 0. The predicted molar refractivity (Wildman–Crippen MR) is 152 cm³/mol. The van der Waals surface area contributed by atoms with Gasteiger partial charge in [-0.05, 0) is 63.1 Å². The van der Waals surface area contributed by atoms with Gasteiger partial charge in [-0.2, -0.15) is 0 Å². The molecule has 3 fully saturated rings. The van der Waals surface area contributed by atoms with E-state index in [0.717, 1.165) is 20.9 Å². The van der Waals surface area contributed by atoms with Gasteiger partial charge in [-0.15, -0.1) is 0 Å². The average Bonchev–Trinajstić information content (AvgIpc) is 3.34. The zero-order valence-electron chi connectivity index (χ0n) is 23.2. The van der Waals surface area contributed by atoms with Gasteiger partial charge in [0.1, 0.15) is 0 Å². The molecule has 2 saturated heterocycles. The van der Waals surface area contributed by atoms with Crippen molar-refractivity contribution in [2.75, 3.05) is 16.4 Å². The molecule has 2 bridgehead atoms. The maximum absolute atomic E-state index is 14.2. The van der Waals surface area contributed by atoms with Crippen molar-refractivity contribution in [2.24, 2.45) is 35.0 Å². The summed E-state index contributed by atoms with van der Waals surface area (Å²) in [6, 6.07) is 9.84. The van der Waals surface area contributed by atoms with Crippen LogP contribution in [0.4, 0.5) is 11.4 Å². The van der Waals surface area contributed by atoms with Crippen LogP contribution < -0.4 is 9.80 Å². The Balaban J connectivity index is 1.54. The summed E-state index contributed by atoms with van der Waals surface area (Å²) in [5.41, 5.74) is 1.40. The summed E-state index contributed by atoms with van der Waals surface area (Å²) < 4.78 is 5.42. The first-order chi connectivity index (χ1) is 19.4. The van der Waals surface area contributed by atoms with E-state index in [2.05, 4.69) is 0 Å². The van der Waals surface area contributed by atoms with Gasteiger partial charge in [-0.25, -0.2) is 14.6 Å². The number of allylic oxidation sites excluding steroid dienone is 1. The van der Waals surface area contributed by atoms with Crippen molar-refractivity contribution < 1.29 is 28.7 Å². The largest absolute Gasteiger partial charge is 0.463 e. The highest BCUT2D eigenvalue weighted by Gasteiger charge is 2.77. The van der Waals surface area contributed by atoms with Gasteiger partial charge < -0.3 is 4.74 Å². The number of anilines is 2. The first-order valence-electron chi connectivity index (χ1n) is 13.5. The van der Waals surface area contributed by atoms with Gasteiger partial charge in [0, 0.05) is 27.0 Å². The monoisotopic (exact) mass is 594 g/mol. The van der Waals surface area contributed by atoms with Crippen LogP contribution in [0.3, 0.4) is 0 Å². The summed E-state index contributed by atoms with van der Waals surface area (Å²) in [6.45, 7) is 8.73. The molecule has 0 radical (unpaired) electrons. The molecule has 4 amide bonds. The minimum Gasteiger partial charge on any atom is -0.463 e. The van der Waals surface area contributed by atoms with E-state index < -0.39 is 64.6 Å². The first-order valence-corrected chi connectivity index (χ1v) is 14.3. The van der Waals surface area contributed by atoms with Gasteiger partial charge >= 0.3 is 5.97 Å². The third kappa shape index (κ3) is 3.50. The van der Waals surface area contributed by atoms with E-state index in [1.54, 1.807) is 57.2 Å². The topological polar surface area (TPSA) is 101 Å². The maximum Gasteiger partial charge on any atom is 0.334 e. The van der Waals surface area contributed by atoms with Crippen molar-refractivity contribution in [3.8, 4) is 0 Å². The number of hydrogen-bond acceptors (Lipinski definition) is 6. The van der Waals surface area contributed by atoms with Crippen molar-refractivity contribution in [2.45, 2.75) is 34.6 Å². The summed E-state index contributed by atoms with van der Waals surface area (Å²) in [4.78, 5) is 72.4. The molecule has 2 unspecified atom stereocenters. The molecule has 2 aliphatic heterocycles. The lowest BCUT2D eigenvalue weighted by Crippen LogP contribution is -2.61. The lowest BCUT2D eigenvalue weighted by atomic mass is 9.43. The summed E-state index contributed by atoms with van der Waals surface area (Å²) in [7, 11) is 0. The highest BCUT2D eigenvalue weighted by molar-refractivity contribution is 6.33. The van der Waals surface area contributed by atoms with Crippen LogP contribution >= 0.6 is 23.2 Å². The van der Waals surface area contributed by atoms with E-state index in [1.165, 1.54) is 0 Å². The fourth-order valence-electron chi connectivity index (χ4n) is 7.76. The number of halogens is 2. The molecular weight excluding hydrogens is 567 g/mol. The van der Waals surface area contributed by atoms with E-state index in [4.69, 9.17) is 27.9 Å². The SMILES string of the molecule is CCOC(=O)C1=C(C)C2[C@H]3C(=O)N(c4ccc(C)c(Cl)c4)C(=O)[C@@H]3C1(C)[C@@H]1C(=O)N(c3ccc(C)c(Cl)c3)C(=O)[C@@H]21. The van der Waals surface area contributed by atoms with E-state index in [0.29, 0.717) is 27.0 Å². The smallest absolute Gasteiger partial charge is 0.334 e. The molecule has 6 atom stereocenters. The number of carbonyl (C=O) groups is 5. The molecule has 7 rings (SSSR count). The van der Waals surface area contributed by atoms with E-state index in [9.17, 15) is 24.0 Å². The normalized spacial score (nSPS) is 30.4. The lowest BCUT2D eigenvalue weighted by Gasteiger charge is -2.55. The lowest BCUT2D eigenvalue weighted by molar-refractivity contribution is -0.155. The second kappa shape index (κ2) is 9.26. The number of amides is 4. The van der Waals surface area contributed by atoms with Crippen LogP contribution in [0.1, 0.15) is 31.9 Å². The number of nitrogens with zero attached hydrogens (tertiary/aromatic N) is 2. The van der Waals surface area contributed by atoms with Crippen molar-refractivity contribution >= 4 is 64.2 Å². The van der Waals surface area contributed by atoms with Crippen molar-refractivity contribution in [1.82, 2.24) is 0 Å². The first kappa shape index (κ1) is 27.7. The Morgan fingerprint density at radius 1 is 0.780 bits per heavy atom. The molecule has 8 nitrogen and oxygen atoms in total. The van der Waals surface area contributed by atoms with Gasteiger partial charge in [-0.3, -0.25) is 19.2 Å². The fraction of sp³-hybridized carbons (Fsp3) is 0.387. The van der Waals surface area contributed by atoms with Gasteiger partial charge in [0.15, 0.2) is 0 Å². The molecule has 2 heterocycles. The van der Waals surface area contributed by atoms with Gasteiger partial charge in [0.25, 0.3) is 0 Å². The molecule has 2 aromatic rings. The Hall–Kier alpha value is -3.49. The van der Waals surface area contributed by atoms with Gasteiger partial charge in [0.2, 0.25) is 23.6 Å². The predicted octanol–water partition coefficient (Wildman–Crippen LogP) is 5.05. The van der Waals surface area contributed by atoms with Crippen molar-refractivity contribution in [3.63, 3.8) is 0 Å². The van der Waals surface area contributed by atoms with Crippen molar-refractivity contribution in [1.29, 1.82) is 0 Å². The Morgan fingerprint density at radius 2 is 1.22 bits per heavy atom. The van der Waals surface area contributed by atoms with Crippen LogP contribution in [0, 0.1) is 48.9 Å². The summed E-state index contributed by atoms with van der Waals surface area (Å²) in [6.07, 6.45) is 0. The second-order valence-corrected chi connectivity index (χ2v) is 12.3. The van der Waals surface area contributed by atoms with Crippen LogP contribution in [0.5, 0.6) is 0 Å². The number of benzene rings is 2. The zero-order chi connectivity index (χ0) is 29.7. The highest BCUT2D eigenvalue weighted by Crippen LogP contribution is 2.68. The molecule has 0 N–H and O–H groups in total. The number of ether oxygens (including phenoxy) is 1. The molecule has 2 aromatic carbocycles. The van der Waals surface area contributed by atoms with Crippen LogP contribution in [0.2, 0.25) is 10.0 Å². The Morgan fingerprint density at radius 3 is 1.61 bits per heavy atom. The number of rotatable bonds is 4. The molecule has 5 aliphatic rings. The Kier molecular flexibility index (Phi) is 6.25. The third-order valence-electron chi connectivity index (χ3n) is 9.51. The average molecular weight is 595 g/mol. The van der Waals surface area contributed by atoms with Gasteiger partial charge in [-0.1, -0.05) is 47.8 Å². The number of imide groups is 2. The molecule has 10 heteroatoms.